The third-order valence-electron chi connectivity index (χ3n) is 4.98. The van der Waals surface area contributed by atoms with Crippen LogP contribution in [0, 0.1) is 0 Å². The van der Waals surface area contributed by atoms with Gasteiger partial charge in [-0.15, -0.1) is 0 Å². The largest absolute Gasteiger partial charge is 0.497 e. The van der Waals surface area contributed by atoms with Crippen molar-refractivity contribution in [3.05, 3.63) is 54.1 Å². The Kier molecular flexibility index (Phi) is 3.73. The zero-order valence-electron chi connectivity index (χ0n) is 14.4. The summed E-state index contributed by atoms with van der Waals surface area (Å²) in [6.07, 6.45) is 0.384. The molecule has 0 aromatic heterocycles. The van der Waals surface area contributed by atoms with Crippen molar-refractivity contribution >= 4 is 15.7 Å². The Hall–Kier alpha value is -2.54. The molecule has 2 aliphatic heterocycles. The van der Waals surface area contributed by atoms with Gasteiger partial charge < -0.3 is 14.8 Å². The van der Waals surface area contributed by atoms with Gasteiger partial charge in [0.05, 0.1) is 12.0 Å². The maximum absolute atomic E-state index is 13.2. The van der Waals surface area contributed by atoms with Crippen LogP contribution in [0.15, 0.2) is 53.4 Å². The van der Waals surface area contributed by atoms with Crippen LogP contribution in [0.25, 0.3) is 0 Å². The van der Waals surface area contributed by atoms with Crippen molar-refractivity contribution in [1.82, 2.24) is 5.32 Å². The highest BCUT2D eigenvalue weighted by atomic mass is 32.2. The highest BCUT2D eigenvalue weighted by Gasteiger charge is 2.54. The van der Waals surface area contributed by atoms with Crippen LogP contribution >= 0.6 is 0 Å². The van der Waals surface area contributed by atoms with Gasteiger partial charge in [-0.25, -0.2) is 8.42 Å². The summed E-state index contributed by atoms with van der Waals surface area (Å²) < 4.78 is 37.6. The number of benzene rings is 2. The highest BCUT2D eigenvalue weighted by Crippen LogP contribution is 2.48. The van der Waals surface area contributed by atoms with E-state index in [0.717, 1.165) is 0 Å². The molecule has 26 heavy (non-hydrogen) atoms. The second-order valence-corrected chi connectivity index (χ2v) is 8.88. The molecule has 2 aromatic carbocycles. The van der Waals surface area contributed by atoms with Crippen molar-refractivity contribution in [3.63, 3.8) is 0 Å². The standard InChI is InChI=1S/C19H19NO5S/c1-19-11-15(14-9-8-12(24-2)10-16(14)25-19)17(18(21)20-19)26(22,23)13-6-4-3-5-7-13/h3-10,15,17H,11H2,1-2H3,(H,20,21)/t15-,17+,19-/m1/s1. The molecule has 7 heteroatoms. The van der Waals surface area contributed by atoms with Crippen LogP contribution in [-0.2, 0) is 14.6 Å². The summed E-state index contributed by atoms with van der Waals surface area (Å²) in [7, 11) is -2.29. The summed E-state index contributed by atoms with van der Waals surface area (Å²) in [6.45, 7) is 1.76. The number of carbonyl (C=O) groups is 1. The van der Waals surface area contributed by atoms with Crippen LogP contribution in [0.1, 0.15) is 24.8 Å². The third-order valence-corrected chi connectivity index (χ3v) is 7.12. The van der Waals surface area contributed by atoms with E-state index in [1.54, 1.807) is 50.4 Å². The second-order valence-electron chi connectivity index (χ2n) is 6.82. The topological polar surface area (TPSA) is 81.7 Å². The van der Waals surface area contributed by atoms with Gasteiger partial charge in [-0.05, 0) is 30.7 Å². The molecule has 2 heterocycles. The molecule has 6 nitrogen and oxygen atoms in total. The number of ether oxygens (including phenoxy) is 2. The average Bonchev–Trinajstić information content (AvgIpc) is 2.60. The van der Waals surface area contributed by atoms with Gasteiger partial charge in [0.1, 0.15) is 11.5 Å². The Labute approximate surface area is 152 Å². The zero-order chi connectivity index (χ0) is 18.5. The molecular weight excluding hydrogens is 354 g/mol. The number of hydrogen-bond acceptors (Lipinski definition) is 5. The summed E-state index contributed by atoms with van der Waals surface area (Å²) in [5, 5.41) is 1.55. The van der Waals surface area contributed by atoms with Gasteiger partial charge in [-0.1, -0.05) is 24.3 Å². The number of amides is 1. The number of sulfone groups is 1. The van der Waals surface area contributed by atoms with Crippen LogP contribution in [0.2, 0.25) is 0 Å². The van der Waals surface area contributed by atoms with Crippen LogP contribution in [-0.4, -0.2) is 32.4 Å². The van der Waals surface area contributed by atoms with Crippen molar-refractivity contribution in [2.24, 2.45) is 0 Å². The third kappa shape index (κ3) is 2.54. The summed E-state index contributed by atoms with van der Waals surface area (Å²) in [5.74, 6) is 0.125. The van der Waals surface area contributed by atoms with Gasteiger partial charge >= 0.3 is 0 Å². The minimum absolute atomic E-state index is 0.144. The van der Waals surface area contributed by atoms with Crippen LogP contribution in [0.3, 0.4) is 0 Å². The number of rotatable bonds is 3. The first kappa shape index (κ1) is 16.9. The van der Waals surface area contributed by atoms with Gasteiger partial charge in [0.2, 0.25) is 5.91 Å². The van der Waals surface area contributed by atoms with Gasteiger partial charge in [-0.3, -0.25) is 4.79 Å². The smallest absolute Gasteiger partial charge is 0.242 e. The fraction of sp³-hybridized carbons (Fsp3) is 0.316. The van der Waals surface area contributed by atoms with E-state index in [4.69, 9.17) is 9.47 Å². The lowest BCUT2D eigenvalue weighted by molar-refractivity contribution is -0.132. The lowest BCUT2D eigenvalue weighted by Gasteiger charge is -2.46. The summed E-state index contributed by atoms with van der Waals surface area (Å²) in [6, 6.07) is 13.3. The summed E-state index contributed by atoms with van der Waals surface area (Å²) >= 11 is 0. The molecule has 0 saturated carbocycles. The molecule has 0 aliphatic carbocycles. The average molecular weight is 373 g/mol. The first-order valence-electron chi connectivity index (χ1n) is 8.32. The van der Waals surface area contributed by atoms with E-state index >= 15 is 0 Å². The van der Waals surface area contributed by atoms with Crippen molar-refractivity contribution in [2.45, 2.75) is 35.1 Å². The number of carbonyl (C=O) groups excluding carboxylic acids is 1. The number of piperidine rings is 1. The molecule has 0 unspecified atom stereocenters. The molecule has 1 N–H and O–H groups in total. The SMILES string of the molecule is COc1ccc2c(c1)O[C@]1(C)C[C@H]2[C@H](S(=O)(=O)c2ccccc2)C(=O)N1. The molecule has 4 rings (SSSR count). The maximum atomic E-state index is 13.2. The van der Waals surface area contributed by atoms with Crippen molar-refractivity contribution in [1.29, 1.82) is 0 Å². The normalized spacial score (nSPS) is 27.1. The molecular formula is C19H19NO5S. The fourth-order valence-corrected chi connectivity index (χ4v) is 5.67. The Balaban J connectivity index is 1.85. The van der Waals surface area contributed by atoms with E-state index in [-0.39, 0.29) is 4.90 Å². The summed E-state index contributed by atoms with van der Waals surface area (Å²) in [5.41, 5.74) is -0.230. The minimum Gasteiger partial charge on any atom is -0.497 e. The summed E-state index contributed by atoms with van der Waals surface area (Å²) in [4.78, 5) is 12.9. The molecule has 2 aromatic rings. The minimum atomic E-state index is -3.85. The molecule has 2 aliphatic rings. The molecule has 1 fully saturated rings. The quantitative estimate of drug-likeness (QED) is 0.892. The highest BCUT2D eigenvalue weighted by molar-refractivity contribution is 7.92. The number of fused-ring (bicyclic) bond motifs is 4. The van der Waals surface area contributed by atoms with Crippen molar-refractivity contribution in [2.75, 3.05) is 7.11 Å². The predicted molar refractivity (Wildman–Crippen MR) is 94.9 cm³/mol. The molecule has 0 spiro atoms. The van der Waals surface area contributed by atoms with E-state index < -0.39 is 32.6 Å². The van der Waals surface area contributed by atoms with E-state index in [1.807, 2.05) is 0 Å². The van der Waals surface area contributed by atoms with Crippen molar-refractivity contribution in [3.8, 4) is 11.5 Å². The molecule has 1 saturated heterocycles. The lowest BCUT2D eigenvalue weighted by Crippen LogP contribution is -2.63. The monoisotopic (exact) mass is 373 g/mol. The molecule has 136 valence electrons. The number of nitrogens with one attached hydrogen (secondary N) is 1. The van der Waals surface area contributed by atoms with E-state index in [9.17, 15) is 13.2 Å². The Bertz CT molecular complexity index is 973. The van der Waals surface area contributed by atoms with Gasteiger partial charge in [0, 0.05) is 18.4 Å². The molecule has 1 amide bonds. The van der Waals surface area contributed by atoms with E-state index in [2.05, 4.69) is 5.32 Å². The predicted octanol–water partition coefficient (Wildman–Crippen LogP) is 2.25. The lowest BCUT2D eigenvalue weighted by atomic mass is 9.81. The van der Waals surface area contributed by atoms with Gasteiger partial charge in [0.15, 0.2) is 20.8 Å². The number of methoxy groups -OCH3 is 1. The Morgan fingerprint density at radius 2 is 1.92 bits per heavy atom. The Morgan fingerprint density at radius 1 is 1.19 bits per heavy atom. The van der Waals surface area contributed by atoms with Crippen LogP contribution in [0.5, 0.6) is 11.5 Å². The molecule has 2 bridgehead atoms. The fourth-order valence-electron chi connectivity index (χ4n) is 3.83. The zero-order valence-corrected chi connectivity index (χ0v) is 15.2. The Morgan fingerprint density at radius 3 is 2.62 bits per heavy atom. The molecule has 0 radical (unpaired) electrons. The van der Waals surface area contributed by atoms with Crippen molar-refractivity contribution < 1.29 is 22.7 Å². The number of hydrogen-bond donors (Lipinski definition) is 1. The van der Waals surface area contributed by atoms with Gasteiger partial charge in [0.25, 0.3) is 0 Å². The van der Waals surface area contributed by atoms with E-state index in [0.29, 0.717) is 23.5 Å². The van der Waals surface area contributed by atoms with Crippen LogP contribution in [0.4, 0.5) is 0 Å². The first-order chi connectivity index (χ1) is 12.3. The molecule has 3 atom stereocenters. The van der Waals surface area contributed by atoms with E-state index in [1.165, 1.54) is 12.1 Å². The second kappa shape index (κ2) is 5.74. The maximum Gasteiger partial charge on any atom is 0.242 e. The first-order valence-corrected chi connectivity index (χ1v) is 9.87. The van der Waals surface area contributed by atoms with Crippen LogP contribution < -0.4 is 14.8 Å². The van der Waals surface area contributed by atoms with Gasteiger partial charge in [-0.2, -0.15) is 0 Å².